The number of likely N-dealkylation sites (tertiary alicyclic amines) is 1. The van der Waals surface area contributed by atoms with E-state index in [-0.39, 0.29) is 12.5 Å². The van der Waals surface area contributed by atoms with E-state index in [0.29, 0.717) is 5.88 Å². The minimum Gasteiger partial charge on any atom is -0.467 e. The van der Waals surface area contributed by atoms with Gasteiger partial charge >= 0.3 is 0 Å². The Morgan fingerprint density at radius 3 is 2.82 bits per heavy atom. The summed E-state index contributed by atoms with van der Waals surface area (Å²) in [6.45, 7) is 3.63. The van der Waals surface area contributed by atoms with Crippen LogP contribution < -0.4 is 4.74 Å². The standard InChI is InChI=1S/C12H17N3O2/c1-10-7-11(14-9-13-10)17-8-12(16)15-5-3-2-4-6-15/h7,9H,2-6,8H2,1H3. The van der Waals surface area contributed by atoms with Crippen molar-refractivity contribution in [2.75, 3.05) is 19.7 Å². The molecule has 1 aliphatic heterocycles. The number of piperidine rings is 1. The number of rotatable bonds is 3. The molecule has 0 aliphatic carbocycles. The van der Waals surface area contributed by atoms with Gasteiger partial charge in [-0.2, -0.15) is 0 Å². The maximum Gasteiger partial charge on any atom is 0.260 e. The Balaban J connectivity index is 1.83. The van der Waals surface area contributed by atoms with E-state index in [1.54, 1.807) is 6.07 Å². The fourth-order valence-electron chi connectivity index (χ4n) is 1.88. The van der Waals surface area contributed by atoms with E-state index >= 15 is 0 Å². The monoisotopic (exact) mass is 235 g/mol. The zero-order valence-corrected chi connectivity index (χ0v) is 10.1. The van der Waals surface area contributed by atoms with Crippen LogP contribution in [0.1, 0.15) is 25.0 Å². The third-order valence-corrected chi connectivity index (χ3v) is 2.83. The van der Waals surface area contributed by atoms with Crippen LogP contribution in [0.25, 0.3) is 0 Å². The molecule has 5 nitrogen and oxygen atoms in total. The Morgan fingerprint density at radius 1 is 1.35 bits per heavy atom. The van der Waals surface area contributed by atoms with Crippen LogP contribution in [0.2, 0.25) is 0 Å². The molecular formula is C12H17N3O2. The molecule has 0 radical (unpaired) electrons. The van der Waals surface area contributed by atoms with Gasteiger partial charge in [-0.05, 0) is 26.2 Å². The molecular weight excluding hydrogens is 218 g/mol. The minimum absolute atomic E-state index is 0.0426. The fourth-order valence-corrected chi connectivity index (χ4v) is 1.88. The number of aryl methyl sites for hydroxylation is 1. The van der Waals surface area contributed by atoms with E-state index in [4.69, 9.17) is 4.74 Å². The topological polar surface area (TPSA) is 55.3 Å². The molecule has 5 heteroatoms. The molecule has 0 bridgehead atoms. The van der Waals surface area contributed by atoms with Gasteiger partial charge in [-0.3, -0.25) is 4.79 Å². The van der Waals surface area contributed by atoms with Crippen molar-refractivity contribution < 1.29 is 9.53 Å². The summed E-state index contributed by atoms with van der Waals surface area (Å²) in [5, 5.41) is 0. The van der Waals surface area contributed by atoms with Crippen LogP contribution >= 0.6 is 0 Å². The highest BCUT2D eigenvalue weighted by molar-refractivity contribution is 5.77. The Hall–Kier alpha value is -1.65. The fraction of sp³-hybridized carbons (Fsp3) is 0.583. The number of hydrogen-bond acceptors (Lipinski definition) is 4. The maximum absolute atomic E-state index is 11.8. The van der Waals surface area contributed by atoms with Crippen molar-refractivity contribution in [2.45, 2.75) is 26.2 Å². The summed E-state index contributed by atoms with van der Waals surface area (Å²) in [5.74, 6) is 0.504. The smallest absolute Gasteiger partial charge is 0.260 e. The Kier molecular flexibility index (Phi) is 3.90. The number of ether oxygens (including phenoxy) is 1. The molecule has 17 heavy (non-hydrogen) atoms. The van der Waals surface area contributed by atoms with Crippen molar-refractivity contribution in [2.24, 2.45) is 0 Å². The molecule has 0 atom stereocenters. The SMILES string of the molecule is Cc1cc(OCC(=O)N2CCCCC2)ncn1. The lowest BCUT2D eigenvalue weighted by Crippen LogP contribution is -2.38. The van der Waals surface area contributed by atoms with Gasteiger partial charge in [0.15, 0.2) is 6.61 Å². The molecule has 1 fully saturated rings. The molecule has 0 spiro atoms. The van der Waals surface area contributed by atoms with Crippen molar-refractivity contribution in [3.8, 4) is 5.88 Å². The predicted octanol–water partition coefficient (Wildman–Crippen LogP) is 1.18. The van der Waals surface area contributed by atoms with Crippen molar-refractivity contribution in [1.82, 2.24) is 14.9 Å². The molecule has 92 valence electrons. The van der Waals surface area contributed by atoms with Gasteiger partial charge in [0.1, 0.15) is 6.33 Å². The van der Waals surface area contributed by atoms with Crippen LogP contribution in [0, 0.1) is 6.92 Å². The quantitative estimate of drug-likeness (QED) is 0.789. The summed E-state index contributed by atoms with van der Waals surface area (Å²) in [6, 6.07) is 1.73. The second kappa shape index (κ2) is 5.61. The molecule has 1 amide bonds. The van der Waals surface area contributed by atoms with E-state index < -0.39 is 0 Å². The zero-order valence-electron chi connectivity index (χ0n) is 10.1. The molecule has 2 rings (SSSR count). The molecule has 1 aromatic rings. The van der Waals surface area contributed by atoms with Gasteiger partial charge in [0.05, 0.1) is 0 Å². The largest absolute Gasteiger partial charge is 0.467 e. The Labute approximate surface area is 101 Å². The second-order valence-corrected chi connectivity index (χ2v) is 4.23. The number of carbonyl (C=O) groups is 1. The molecule has 0 saturated carbocycles. The van der Waals surface area contributed by atoms with Gasteiger partial charge in [-0.25, -0.2) is 9.97 Å². The van der Waals surface area contributed by atoms with Gasteiger partial charge in [-0.1, -0.05) is 0 Å². The van der Waals surface area contributed by atoms with Gasteiger partial charge < -0.3 is 9.64 Å². The summed E-state index contributed by atoms with van der Waals surface area (Å²) < 4.78 is 5.36. The zero-order chi connectivity index (χ0) is 12.1. The van der Waals surface area contributed by atoms with Gasteiger partial charge in [0.25, 0.3) is 5.91 Å². The number of nitrogens with zero attached hydrogens (tertiary/aromatic N) is 3. The summed E-state index contributed by atoms with van der Waals surface area (Å²) in [5.41, 5.74) is 0.834. The van der Waals surface area contributed by atoms with Crippen LogP contribution in [0.5, 0.6) is 5.88 Å². The summed E-state index contributed by atoms with van der Waals surface area (Å²) in [4.78, 5) is 21.6. The maximum atomic E-state index is 11.8. The van der Waals surface area contributed by atoms with Gasteiger partial charge in [-0.15, -0.1) is 0 Å². The van der Waals surface area contributed by atoms with Gasteiger partial charge in [0, 0.05) is 24.8 Å². The first-order chi connectivity index (χ1) is 8.25. The van der Waals surface area contributed by atoms with Crippen LogP contribution in [-0.2, 0) is 4.79 Å². The van der Waals surface area contributed by atoms with Crippen molar-refractivity contribution in [3.63, 3.8) is 0 Å². The van der Waals surface area contributed by atoms with Gasteiger partial charge in [0.2, 0.25) is 5.88 Å². The van der Waals surface area contributed by atoms with E-state index in [2.05, 4.69) is 9.97 Å². The Morgan fingerprint density at radius 2 is 2.12 bits per heavy atom. The number of amides is 1. The van der Waals surface area contributed by atoms with E-state index in [1.165, 1.54) is 12.7 Å². The predicted molar refractivity (Wildman–Crippen MR) is 62.7 cm³/mol. The minimum atomic E-state index is 0.0426. The average Bonchev–Trinajstić information content (AvgIpc) is 2.37. The number of hydrogen-bond donors (Lipinski definition) is 0. The first kappa shape index (κ1) is 11.8. The van der Waals surface area contributed by atoms with Crippen LogP contribution in [0.4, 0.5) is 0 Å². The van der Waals surface area contributed by atoms with Crippen molar-refractivity contribution in [3.05, 3.63) is 18.1 Å². The number of carbonyl (C=O) groups excluding carboxylic acids is 1. The molecule has 0 aromatic carbocycles. The van der Waals surface area contributed by atoms with E-state index in [9.17, 15) is 4.79 Å². The van der Waals surface area contributed by atoms with E-state index in [1.807, 2.05) is 11.8 Å². The first-order valence-corrected chi connectivity index (χ1v) is 5.95. The molecule has 0 unspecified atom stereocenters. The normalized spacial score (nSPS) is 15.7. The van der Waals surface area contributed by atoms with Crippen LogP contribution in [-0.4, -0.2) is 40.5 Å². The highest BCUT2D eigenvalue weighted by atomic mass is 16.5. The highest BCUT2D eigenvalue weighted by Gasteiger charge is 2.16. The molecule has 1 aromatic heterocycles. The molecule has 1 saturated heterocycles. The first-order valence-electron chi connectivity index (χ1n) is 5.95. The van der Waals surface area contributed by atoms with Crippen LogP contribution in [0.3, 0.4) is 0 Å². The lowest BCUT2D eigenvalue weighted by Gasteiger charge is -2.26. The van der Waals surface area contributed by atoms with Crippen LogP contribution in [0.15, 0.2) is 12.4 Å². The third kappa shape index (κ3) is 3.41. The lowest BCUT2D eigenvalue weighted by molar-refractivity contribution is -0.134. The molecule has 2 heterocycles. The molecule has 0 N–H and O–H groups in total. The van der Waals surface area contributed by atoms with Crippen molar-refractivity contribution >= 4 is 5.91 Å². The number of aromatic nitrogens is 2. The summed E-state index contributed by atoms with van der Waals surface area (Å²) in [7, 11) is 0. The second-order valence-electron chi connectivity index (χ2n) is 4.23. The summed E-state index contributed by atoms with van der Waals surface area (Å²) >= 11 is 0. The Bertz CT molecular complexity index is 389. The third-order valence-electron chi connectivity index (χ3n) is 2.83. The molecule has 1 aliphatic rings. The lowest BCUT2D eigenvalue weighted by atomic mass is 10.1. The van der Waals surface area contributed by atoms with Crippen molar-refractivity contribution in [1.29, 1.82) is 0 Å². The average molecular weight is 235 g/mol. The van der Waals surface area contributed by atoms with E-state index in [0.717, 1.165) is 31.6 Å². The summed E-state index contributed by atoms with van der Waals surface area (Å²) in [6.07, 6.45) is 4.85. The highest BCUT2D eigenvalue weighted by Crippen LogP contribution is 2.10.